The van der Waals surface area contributed by atoms with Crippen LogP contribution in [-0.4, -0.2) is 48.1 Å². The minimum absolute atomic E-state index is 0.173. The number of nitrogens with one attached hydrogen (secondary N) is 1. The first-order valence-corrected chi connectivity index (χ1v) is 8.24. The highest BCUT2D eigenvalue weighted by molar-refractivity contribution is 5.23. The second-order valence-electron chi connectivity index (χ2n) is 7.13. The lowest BCUT2D eigenvalue weighted by Gasteiger charge is -2.34. The standard InChI is InChI=1S/C18H31N3/c1-5-20-9-11-21(12-10-20)15-17-8-6-7-16(13-17)14-19-18(2,3)4/h6-8,13,19H,5,9-12,14-15H2,1-4H3. The Hall–Kier alpha value is -0.900. The van der Waals surface area contributed by atoms with Crippen LogP contribution in [0.3, 0.4) is 0 Å². The van der Waals surface area contributed by atoms with E-state index in [9.17, 15) is 0 Å². The van der Waals surface area contributed by atoms with Gasteiger partial charge in [0, 0.05) is 44.8 Å². The zero-order valence-electron chi connectivity index (χ0n) is 14.2. The van der Waals surface area contributed by atoms with Crippen LogP contribution in [0.1, 0.15) is 38.8 Å². The Morgan fingerprint density at radius 1 is 1.00 bits per heavy atom. The number of hydrogen-bond donors (Lipinski definition) is 1. The van der Waals surface area contributed by atoms with Crippen LogP contribution in [0.2, 0.25) is 0 Å². The van der Waals surface area contributed by atoms with Crippen molar-refractivity contribution in [3.8, 4) is 0 Å². The van der Waals surface area contributed by atoms with Crippen molar-refractivity contribution in [2.24, 2.45) is 0 Å². The predicted molar refractivity (Wildman–Crippen MR) is 90.4 cm³/mol. The summed E-state index contributed by atoms with van der Waals surface area (Å²) < 4.78 is 0. The van der Waals surface area contributed by atoms with E-state index in [0.717, 1.165) is 13.1 Å². The number of piperazine rings is 1. The molecule has 1 N–H and O–H groups in total. The molecule has 1 aliphatic heterocycles. The molecule has 1 aliphatic rings. The van der Waals surface area contributed by atoms with Gasteiger partial charge >= 0.3 is 0 Å². The average Bonchev–Trinajstić information content (AvgIpc) is 2.46. The molecule has 3 nitrogen and oxygen atoms in total. The smallest absolute Gasteiger partial charge is 0.0234 e. The number of rotatable bonds is 5. The summed E-state index contributed by atoms with van der Waals surface area (Å²) in [5.41, 5.74) is 3.00. The van der Waals surface area contributed by atoms with E-state index in [1.807, 2.05) is 0 Å². The molecule has 118 valence electrons. The second-order valence-corrected chi connectivity index (χ2v) is 7.13. The third-order valence-electron chi connectivity index (χ3n) is 4.13. The fourth-order valence-electron chi connectivity index (χ4n) is 2.73. The van der Waals surface area contributed by atoms with E-state index in [4.69, 9.17) is 0 Å². The number of benzene rings is 1. The van der Waals surface area contributed by atoms with Crippen LogP contribution in [0.4, 0.5) is 0 Å². The molecule has 1 heterocycles. The Labute approximate surface area is 130 Å². The number of likely N-dealkylation sites (N-methyl/N-ethyl adjacent to an activating group) is 1. The second kappa shape index (κ2) is 7.39. The quantitative estimate of drug-likeness (QED) is 0.899. The molecule has 0 saturated carbocycles. The summed E-state index contributed by atoms with van der Waals surface area (Å²) in [7, 11) is 0. The Morgan fingerprint density at radius 2 is 1.62 bits per heavy atom. The fraction of sp³-hybridized carbons (Fsp3) is 0.667. The Kier molecular flexibility index (Phi) is 5.80. The van der Waals surface area contributed by atoms with Crippen molar-refractivity contribution in [2.75, 3.05) is 32.7 Å². The van der Waals surface area contributed by atoms with E-state index in [2.05, 4.69) is 67.1 Å². The summed E-state index contributed by atoms with van der Waals surface area (Å²) in [5.74, 6) is 0. The van der Waals surface area contributed by atoms with Crippen molar-refractivity contribution in [3.05, 3.63) is 35.4 Å². The topological polar surface area (TPSA) is 18.5 Å². The van der Waals surface area contributed by atoms with Gasteiger partial charge in [0.25, 0.3) is 0 Å². The molecular weight excluding hydrogens is 258 g/mol. The van der Waals surface area contributed by atoms with E-state index < -0.39 is 0 Å². The molecule has 1 aromatic carbocycles. The van der Waals surface area contributed by atoms with Gasteiger partial charge in [-0.25, -0.2) is 0 Å². The summed E-state index contributed by atoms with van der Waals surface area (Å²) in [6.07, 6.45) is 0. The molecule has 0 aromatic heterocycles. The molecule has 3 heteroatoms. The SMILES string of the molecule is CCN1CCN(Cc2cccc(CNC(C)(C)C)c2)CC1. The van der Waals surface area contributed by atoms with Gasteiger partial charge in [0.1, 0.15) is 0 Å². The van der Waals surface area contributed by atoms with Gasteiger partial charge in [-0.3, -0.25) is 4.90 Å². The Bertz CT molecular complexity index is 428. The van der Waals surface area contributed by atoms with Crippen molar-refractivity contribution in [1.29, 1.82) is 0 Å². The van der Waals surface area contributed by atoms with Gasteiger partial charge in [0.05, 0.1) is 0 Å². The van der Waals surface area contributed by atoms with Crippen molar-refractivity contribution >= 4 is 0 Å². The lowest BCUT2D eigenvalue weighted by atomic mass is 10.1. The molecule has 1 aromatic rings. The molecule has 21 heavy (non-hydrogen) atoms. The molecule has 0 unspecified atom stereocenters. The molecule has 1 saturated heterocycles. The maximum atomic E-state index is 3.56. The number of nitrogens with zero attached hydrogens (tertiary/aromatic N) is 2. The third-order valence-corrected chi connectivity index (χ3v) is 4.13. The highest BCUT2D eigenvalue weighted by Crippen LogP contribution is 2.12. The van der Waals surface area contributed by atoms with E-state index in [0.29, 0.717) is 0 Å². The minimum Gasteiger partial charge on any atom is -0.308 e. The van der Waals surface area contributed by atoms with Crippen molar-refractivity contribution in [3.63, 3.8) is 0 Å². The molecule has 2 rings (SSSR count). The maximum absolute atomic E-state index is 3.56. The highest BCUT2D eigenvalue weighted by Gasteiger charge is 2.15. The molecule has 0 radical (unpaired) electrons. The van der Waals surface area contributed by atoms with Gasteiger partial charge in [-0.2, -0.15) is 0 Å². The Balaban J connectivity index is 1.86. The van der Waals surface area contributed by atoms with Crippen LogP contribution in [0.5, 0.6) is 0 Å². The molecule has 0 atom stereocenters. The van der Waals surface area contributed by atoms with Crippen LogP contribution in [0.25, 0.3) is 0 Å². The van der Waals surface area contributed by atoms with Crippen LogP contribution >= 0.6 is 0 Å². The highest BCUT2D eigenvalue weighted by atomic mass is 15.3. The third kappa shape index (κ3) is 5.77. The summed E-state index contributed by atoms with van der Waals surface area (Å²) in [5, 5.41) is 3.56. The van der Waals surface area contributed by atoms with Gasteiger partial charge in [-0.15, -0.1) is 0 Å². The summed E-state index contributed by atoms with van der Waals surface area (Å²) >= 11 is 0. The molecule has 0 bridgehead atoms. The van der Waals surface area contributed by atoms with Crippen molar-refractivity contribution in [1.82, 2.24) is 15.1 Å². The van der Waals surface area contributed by atoms with Crippen molar-refractivity contribution < 1.29 is 0 Å². The van der Waals surface area contributed by atoms with E-state index >= 15 is 0 Å². The zero-order valence-corrected chi connectivity index (χ0v) is 14.2. The van der Waals surface area contributed by atoms with Gasteiger partial charge in [0.2, 0.25) is 0 Å². The molecule has 1 fully saturated rings. The lowest BCUT2D eigenvalue weighted by molar-refractivity contribution is 0.132. The lowest BCUT2D eigenvalue weighted by Crippen LogP contribution is -2.45. The first-order chi connectivity index (χ1) is 9.96. The summed E-state index contributed by atoms with van der Waals surface area (Å²) in [4.78, 5) is 5.10. The normalized spacial score (nSPS) is 18.1. The maximum Gasteiger partial charge on any atom is 0.0234 e. The Morgan fingerprint density at radius 3 is 2.24 bits per heavy atom. The fourth-order valence-corrected chi connectivity index (χ4v) is 2.73. The van der Waals surface area contributed by atoms with Crippen LogP contribution in [0, 0.1) is 0 Å². The van der Waals surface area contributed by atoms with Gasteiger partial charge < -0.3 is 10.2 Å². The van der Waals surface area contributed by atoms with Crippen LogP contribution < -0.4 is 5.32 Å². The zero-order chi connectivity index (χ0) is 15.3. The predicted octanol–water partition coefficient (Wildman–Crippen LogP) is 2.71. The monoisotopic (exact) mass is 289 g/mol. The van der Waals surface area contributed by atoms with E-state index in [-0.39, 0.29) is 5.54 Å². The summed E-state index contributed by atoms with van der Waals surface area (Å²) in [6, 6.07) is 9.02. The van der Waals surface area contributed by atoms with Gasteiger partial charge in [-0.1, -0.05) is 31.2 Å². The van der Waals surface area contributed by atoms with Crippen molar-refractivity contribution in [2.45, 2.75) is 46.3 Å². The molecule has 0 amide bonds. The molecule has 0 aliphatic carbocycles. The first-order valence-electron chi connectivity index (χ1n) is 8.24. The number of hydrogen-bond acceptors (Lipinski definition) is 3. The van der Waals surface area contributed by atoms with E-state index in [1.54, 1.807) is 0 Å². The molecule has 0 spiro atoms. The average molecular weight is 289 g/mol. The van der Waals surface area contributed by atoms with Gasteiger partial charge in [0.15, 0.2) is 0 Å². The van der Waals surface area contributed by atoms with Gasteiger partial charge in [-0.05, 0) is 38.4 Å². The van der Waals surface area contributed by atoms with E-state index in [1.165, 1.54) is 43.9 Å². The largest absolute Gasteiger partial charge is 0.308 e. The first kappa shape index (κ1) is 16.5. The molecular formula is C18H31N3. The van der Waals surface area contributed by atoms with Crippen LogP contribution in [0.15, 0.2) is 24.3 Å². The van der Waals surface area contributed by atoms with Crippen LogP contribution in [-0.2, 0) is 13.1 Å². The minimum atomic E-state index is 0.173. The summed E-state index contributed by atoms with van der Waals surface area (Å²) in [6.45, 7) is 16.9.